The third-order valence-electron chi connectivity index (χ3n) is 2.88. The van der Waals surface area contributed by atoms with E-state index in [2.05, 4.69) is 27.7 Å². The van der Waals surface area contributed by atoms with Crippen LogP contribution in [-0.2, 0) is 5.88 Å². The SMILES string of the molecule is CCC(CSC)n1c(CCl)nc2cnccc21. The number of rotatable bonds is 5. The lowest BCUT2D eigenvalue weighted by Gasteiger charge is -2.18. The highest BCUT2D eigenvalue weighted by Crippen LogP contribution is 2.25. The minimum Gasteiger partial charge on any atom is -0.323 e. The van der Waals surface area contributed by atoms with Gasteiger partial charge in [0, 0.05) is 18.0 Å². The average Bonchev–Trinajstić information content (AvgIpc) is 2.74. The van der Waals surface area contributed by atoms with Crippen molar-refractivity contribution in [3.63, 3.8) is 0 Å². The number of hydrogen-bond acceptors (Lipinski definition) is 3. The Morgan fingerprint density at radius 2 is 2.35 bits per heavy atom. The Hall–Kier alpha value is -0.740. The van der Waals surface area contributed by atoms with Crippen LogP contribution < -0.4 is 0 Å². The molecular formula is C12H16ClN3S. The van der Waals surface area contributed by atoms with Gasteiger partial charge >= 0.3 is 0 Å². The van der Waals surface area contributed by atoms with Gasteiger partial charge < -0.3 is 4.57 Å². The maximum absolute atomic E-state index is 5.99. The van der Waals surface area contributed by atoms with E-state index in [1.54, 1.807) is 6.20 Å². The molecule has 0 aliphatic rings. The topological polar surface area (TPSA) is 30.7 Å². The summed E-state index contributed by atoms with van der Waals surface area (Å²) in [5.41, 5.74) is 2.07. The van der Waals surface area contributed by atoms with E-state index in [1.165, 1.54) is 0 Å². The number of aromatic nitrogens is 3. The monoisotopic (exact) mass is 269 g/mol. The average molecular weight is 270 g/mol. The van der Waals surface area contributed by atoms with Gasteiger partial charge in [-0.1, -0.05) is 6.92 Å². The van der Waals surface area contributed by atoms with E-state index >= 15 is 0 Å². The molecule has 0 aromatic carbocycles. The van der Waals surface area contributed by atoms with Gasteiger partial charge in [-0.2, -0.15) is 11.8 Å². The lowest BCUT2D eigenvalue weighted by atomic mass is 10.2. The number of fused-ring (bicyclic) bond motifs is 1. The summed E-state index contributed by atoms with van der Waals surface area (Å²) in [4.78, 5) is 8.65. The van der Waals surface area contributed by atoms with Crippen LogP contribution in [0.3, 0.4) is 0 Å². The highest BCUT2D eigenvalue weighted by Gasteiger charge is 2.16. The summed E-state index contributed by atoms with van der Waals surface area (Å²) in [5.74, 6) is 2.46. The largest absolute Gasteiger partial charge is 0.323 e. The Labute approximate surface area is 111 Å². The van der Waals surface area contributed by atoms with Crippen LogP contribution in [-0.4, -0.2) is 26.5 Å². The van der Waals surface area contributed by atoms with Crippen molar-refractivity contribution in [1.29, 1.82) is 0 Å². The molecule has 2 aromatic heterocycles. The highest BCUT2D eigenvalue weighted by atomic mass is 35.5. The molecule has 0 saturated heterocycles. The normalized spacial score (nSPS) is 13.1. The molecule has 0 aliphatic carbocycles. The maximum Gasteiger partial charge on any atom is 0.125 e. The van der Waals surface area contributed by atoms with Gasteiger partial charge in [0.25, 0.3) is 0 Å². The Bertz CT molecular complexity index is 497. The molecule has 2 heterocycles. The summed E-state index contributed by atoms with van der Waals surface area (Å²) >= 11 is 7.85. The summed E-state index contributed by atoms with van der Waals surface area (Å²) in [6.45, 7) is 2.20. The minimum atomic E-state index is 0.444. The van der Waals surface area contributed by atoms with E-state index in [1.807, 2.05) is 24.0 Å². The fourth-order valence-electron chi connectivity index (χ4n) is 2.07. The van der Waals surface area contributed by atoms with Crippen LogP contribution in [0, 0.1) is 0 Å². The molecule has 1 unspecified atom stereocenters. The van der Waals surface area contributed by atoms with E-state index in [0.717, 1.165) is 29.0 Å². The Morgan fingerprint density at radius 3 is 3.00 bits per heavy atom. The summed E-state index contributed by atoms with van der Waals surface area (Å²) in [7, 11) is 0. The first-order chi connectivity index (χ1) is 8.31. The number of alkyl halides is 1. The van der Waals surface area contributed by atoms with Gasteiger partial charge in [0.15, 0.2) is 0 Å². The van der Waals surface area contributed by atoms with Gasteiger partial charge in [0.05, 0.1) is 17.6 Å². The van der Waals surface area contributed by atoms with E-state index in [9.17, 15) is 0 Å². The lowest BCUT2D eigenvalue weighted by molar-refractivity contribution is 0.538. The van der Waals surface area contributed by atoms with Gasteiger partial charge in [0.1, 0.15) is 11.3 Å². The first kappa shape index (κ1) is 12.7. The maximum atomic E-state index is 5.99. The van der Waals surface area contributed by atoms with Crippen molar-refractivity contribution in [2.24, 2.45) is 0 Å². The number of halogens is 1. The molecule has 0 saturated carbocycles. The molecule has 2 aromatic rings. The van der Waals surface area contributed by atoms with Crippen LogP contribution in [0.15, 0.2) is 18.5 Å². The zero-order valence-corrected chi connectivity index (χ0v) is 11.6. The second-order valence-electron chi connectivity index (χ2n) is 3.91. The third-order valence-corrected chi connectivity index (χ3v) is 3.84. The van der Waals surface area contributed by atoms with E-state index in [-0.39, 0.29) is 0 Å². The van der Waals surface area contributed by atoms with Gasteiger partial charge in [-0.05, 0) is 18.7 Å². The second kappa shape index (κ2) is 5.74. The van der Waals surface area contributed by atoms with Crippen LogP contribution in [0.4, 0.5) is 0 Å². The quantitative estimate of drug-likeness (QED) is 0.779. The molecule has 0 N–H and O–H groups in total. The molecule has 0 fully saturated rings. The van der Waals surface area contributed by atoms with Crippen molar-refractivity contribution >= 4 is 34.4 Å². The van der Waals surface area contributed by atoms with Gasteiger partial charge in [-0.25, -0.2) is 4.98 Å². The van der Waals surface area contributed by atoms with E-state index in [4.69, 9.17) is 11.6 Å². The summed E-state index contributed by atoms with van der Waals surface area (Å²) in [6, 6.07) is 2.47. The molecular weight excluding hydrogens is 254 g/mol. The number of imidazole rings is 1. The fraction of sp³-hybridized carbons (Fsp3) is 0.500. The molecule has 0 spiro atoms. The summed E-state index contributed by atoms with van der Waals surface area (Å²) in [5, 5.41) is 0. The van der Waals surface area contributed by atoms with Crippen molar-refractivity contribution in [3.05, 3.63) is 24.3 Å². The smallest absolute Gasteiger partial charge is 0.125 e. The molecule has 3 nitrogen and oxygen atoms in total. The van der Waals surface area contributed by atoms with Crippen molar-refractivity contribution in [2.75, 3.05) is 12.0 Å². The van der Waals surface area contributed by atoms with Crippen LogP contribution >= 0.6 is 23.4 Å². The minimum absolute atomic E-state index is 0.444. The van der Waals surface area contributed by atoms with Gasteiger partial charge in [-0.3, -0.25) is 4.98 Å². The van der Waals surface area contributed by atoms with Crippen LogP contribution in [0.5, 0.6) is 0 Å². The third kappa shape index (κ3) is 2.43. The Morgan fingerprint density at radius 1 is 1.53 bits per heavy atom. The number of hydrogen-bond donors (Lipinski definition) is 0. The molecule has 92 valence electrons. The molecule has 0 radical (unpaired) electrons. The molecule has 17 heavy (non-hydrogen) atoms. The highest BCUT2D eigenvalue weighted by molar-refractivity contribution is 7.98. The zero-order chi connectivity index (χ0) is 12.3. The standard InChI is InChI=1S/C12H16ClN3S/c1-3-9(8-17-2)16-11-4-5-14-7-10(11)15-12(16)6-13/h4-5,7,9H,3,6,8H2,1-2H3. The van der Waals surface area contributed by atoms with Gasteiger partial charge in [-0.15, -0.1) is 11.6 Å². The molecule has 0 bridgehead atoms. The zero-order valence-electron chi connectivity index (χ0n) is 10.1. The van der Waals surface area contributed by atoms with Crippen LogP contribution in [0.25, 0.3) is 11.0 Å². The van der Waals surface area contributed by atoms with Crippen molar-refractivity contribution < 1.29 is 0 Å². The molecule has 2 rings (SSSR count). The molecule has 0 amide bonds. The van der Waals surface area contributed by atoms with Crippen LogP contribution in [0.1, 0.15) is 25.2 Å². The lowest BCUT2D eigenvalue weighted by Crippen LogP contribution is -2.13. The molecule has 1 atom stereocenters. The summed E-state index contributed by atoms with van der Waals surface area (Å²) < 4.78 is 2.26. The predicted octanol–water partition coefficient (Wildman–Crippen LogP) is 3.48. The Kier molecular flexibility index (Phi) is 4.29. The van der Waals surface area contributed by atoms with Crippen molar-refractivity contribution in [3.8, 4) is 0 Å². The predicted molar refractivity (Wildman–Crippen MR) is 74.8 cm³/mol. The Balaban J connectivity index is 2.55. The summed E-state index contributed by atoms with van der Waals surface area (Å²) in [6.07, 6.45) is 6.82. The van der Waals surface area contributed by atoms with E-state index in [0.29, 0.717) is 11.9 Å². The number of thioether (sulfide) groups is 1. The van der Waals surface area contributed by atoms with Crippen molar-refractivity contribution in [2.45, 2.75) is 25.3 Å². The first-order valence-corrected chi connectivity index (χ1v) is 7.60. The number of pyridine rings is 1. The first-order valence-electron chi connectivity index (χ1n) is 5.67. The molecule has 0 aliphatic heterocycles. The van der Waals surface area contributed by atoms with Crippen molar-refractivity contribution in [1.82, 2.24) is 14.5 Å². The van der Waals surface area contributed by atoms with Crippen LogP contribution in [0.2, 0.25) is 0 Å². The fourth-order valence-corrected chi connectivity index (χ4v) is 3.03. The molecule has 5 heteroatoms. The van der Waals surface area contributed by atoms with E-state index < -0.39 is 0 Å². The second-order valence-corrected chi connectivity index (χ2v) is 5.09. The van der Waals surface area contributed by atoms with Gasteiger partial charge in [0.2, 0.25) is 0 Å². The number of nitrogens with zero attached hydrogens (tertiary/aromatic N) is 3.